The first-order valence-corrected chi connectivity index (χ1v) is 6.83. The highest BCUT2D eigenvalue weighted by molar-refractivity contribution is 6.29. The number of ether oxygens (including phenoxy) is 1. The first-order chi connectivity index (χ1) is 9.72. The topological polar surface area (TPSA) is 73.1 Å². The lowest BCUT2D eigenvalue weighted by atomic mass is 10.0. The highest BCUT2D eigenvalue weighted by Crippen LogP contribution is 2.31. The quantitative estimate of drug-likeness (QED) is 0.850. The van der Waals surface area contributed by atoms with Crippen LogP contribution in [0.2, 0.25) is 5.15 Å². The fraction of sp³-hybridized carbons (Fsp3) is 0.286. The molecule has 1 aliphatic heterocycles. The summed E-state index contributed by atoms with van der Waals surface area (Å²) in [5, 5.41) is 3.66. The summed E-state index contributed by atoms with van der Waals surface area (Å²) in [4.78, 5) is 7.99. The molecule has 1 aromatic carbocycles. The van der Waals surface area contributed by atoms with E-state index in [1.807, 2.05) is 18.2 Å². The van der Waals surface area contributed by atoms with Gasteiger partial charge in [-0.15, -0.1) is 0 Å². The molecule has 1 saturated heterocycles. The van der Waals surface area contributed by atoms with Crippen LogP contribution in [0.3, 0.4) is 0 Å². The molecule has 6 heteroatoms. The summed E-state index contributed by atoms with van der Waals surface area (Å²) in [5.74, 6) is 0.786. The number of halogens is 1. The minimum atomic E-state index is 0.00571. The molecular weight excluding hydrogens is 276 g/mol. The number of nitrogens with two attached hydrogens (primary N) is 1. The number of aromatic nitrogens is 2. The van der Waals surface area contributed by atoms with Crippen LogP contribution >= 0.6 is 11.6 Å². The summed E-state index contributed by atoms with van der Waals surface area (Å²) in [6.45, 7) is 0.714. The van der Waals surface area contributed by atoms with E-state index in [-0.39, 0.29) is 18.1 Å². The molecule has 2 heterocycles. The van der Waals surface area contributed by atoms with E-state index >= 15 is 0 Å². The molecular formula is C14H15ClN4O. The summed E-state index contributed by atoms with van der Waals surface area (Å²) < 4.78 is 5.81. The van der Waals surface area contributed by atoms with Gasteiger partial charge < -0.3 is 15.8 Å². The van der Waals surface area contributed by atoms with Crippen LogP contribution in [0.1, 0.15) is 18.1 Å². The van der Waals surface area contributed by atoms with Crippen molar-refractivity contribution in [1.82, 2.24) is 9.97 Å². The number of nitrogens with zero attached hydrogens (tertiary/aromatic N) is 2. The average Bonchev–Trinajstić information content (AvgIpc) is 2.86. The van der Waals surface area contributed by atoms with Gasteiger partial charge in [-0.25, -0.2) is 4.98 Å². The van der Waals surface area contributed by atoms with Gasteiger partial charge in [-0.1, -0.05) is 41.9 Å². The first kappa shape index (κ1) is 13.1. The average molecular weight is 291 g/mol. The lowest BCUT2D eigenvalue weighted by molar-refractivity contribution is 0.107. The van der Waals surface area contributed by atoms with E-state index in [0.29, 0.717) is 17.6 Å². The molecule has 0 unspecified atom stereocenters. The molecule has 2 atom stereocenters. The van der Waals surface area contributed by atoms with Gasteiger partial charge in [0.25, 0.3) is 0 Å². The Bertz CT molecular complexity index is 573. The lowest BCUT2D eigenvalue weighted by Crippen LogP contribution is -2.24. The fourth-order valence-electron chi connectivity index (χ4n) is 2.41. The van der Waals surface area contributed by atoms with E-state index in [9.17, 15) is 0 Å². The van der Waals surface area contributed by atoms with E-state index in [1.54, 1.807) is 6.07 Å². The van der Waals surface area contributed by atoms with Crippen LogP contribution in [-0.4, -0.2) is 22.6 Å². The SMILES string of the molecule is Nc1nc(Cl)cc(N[C@H]2CCO[C@H]2c2ccccc2)n1. The second-order valence-corrected chi connectivity index (χ2v) is 5.06. The van der Waals surface area contributed by atoms with Gasteiger partial charge in [0.15, 0.2) is 0 Å². The van der Waals surface area contributed by atoms with Crippen LogP contribution in [0.5, 0.6) is 0 Å². The van der Waals surface area contributed by atoms with Gasteiger partial charge in [-0.2, -0.15) is 4.98 Å². The van der Waals surface area contributed by atoms with E-state index in [2.05, 4.69) is 27.4 Å². The zero-order chi connectivity index (χ0) is 13.9. The molecule has 20 heavy (non-hydrogen) atoms. The van der Waals surface area contributed by atoms with Crippen LogP contribution < -0.4 is 11.1 Å². The summed E-state index contributed by atoms with van der Waals surface area (Å²) in [5.41, 5.74) is 6.75. The van der Waals surface area contributed by atoms with Gasteiger partial charge >= 0.3 is 0 Å². The molecule has 0 bridgehead atoms. The van der Waals surface area contributed by atoms with Crippen LogP contribution in [0.15, 0.2) is 36.4 Å². The van der Waals surface area contributed by atoms with Crippen molar-refractivity contribution in [1.29, 1.82) is 0 Å². The van der Waals surface area contributed by atoms with E-state index < -0.39 is 0 Å². The summed E-state index contributed by atoms with van der Waals surface area (Å²) in [7, 11) is 0. The number of hydrogen-bond donors (Lipinski definition) is 2. The maximum Gasteiger partial charge on any atom is 0.223 e. The van der Waals surface area contributed by atoms with Crippen molar-refractivity contribution in [2.24, 2.45) is 0 Å². The molecule has 3 N–H and O–H groups in total. The minimum absolute atomic E-state index is 0.00571. The van der Waals surface area contributed by atoms with Gasteiger partial charge in [-0.05, 0) is 12.0 Å². The van der Waals surface area contributed by atoms with Crippen molar-refractivity contribution in [3.63, 3.8) is 0 Å². The number of rotatable bonds is 3. The van der Waals surface area contributed by atoms with Gasteiger partial charge in [0.1, 0.15) is 17.1 Å². The van der Waals surface area contributed by atoms with Crippen molar-refractivity contribution in [2.75, 3.05) is 17.7 Å². The molecule has 1 aliphatic rings. The molecule has 5 nitrogen and oxygen atoms in total. The Hall–Kier alpha value is -1.85. The van der Waals surface area contributed by atoms with Crippen LogP contribution in [-0.2, 0) is 4.74 Å². The predicted molar refractivity (Wildman–Crippen MR) is 78.6 cm³/mol. The van der Waals surface area contributed by atoms with Gasteiger partial charge in [-0.3, -0.25) is 0 Å². The molecule has 104 valence electrons. The third kappa shape index (κ3) is 2.84. The molecule has 0 amide bonds. The smallest absolute Gasteiger partial charge is 0.223 e. The molecule has 1 aromatic heterocycles. The molecule has 2 aromatic rings. The highest BCUT2D eigenvalue weighted by Gasteiger charge is 2.29. The Morgan fingerprint density at radius 2 is 2.05 bits per heavy atom. The minimum Gasteiger partial charge on any atom is -0.371 e. The second kappa shape index (κ2) is 5.64. The number of nitrogen functional groups attached to an aromatic ring is 1. The van der Waals surface area contributed by atoms with Crippen molar-refractivity contribution >= 4 is 23.4 Å². The maximum absolute atomic E-state index is 5.89. The summed E-state index contributed by atoms with van der Waals surface area (Å²) in [6.07, 6.45) is 0.910. The van der Waals surface area contributed by atoms with Gasteiger partial charge in [0.05, 0.1) is 6.04 Å². The van der Waals surface area contributed by atoms with Crippen molar-refractivity contribution in [3.05, 3.63) is 47.1 Å². The second-order valence-electron chi connectivity index (χ2n) is 4.68. The van der Waals surface area contributed by atoms with Crippen molar-refractivity contribution < 1.29 is 4.74 Å². The first-order valence-electron chi connectivity index (χ1n) is 6.45. The Morgan fingerprint density at radius 3 is 2.80 bits per heavy atom. The molecule has 1 fully saturated rings. The molecule has 3 rings (SSSR count). The zero-order valence-electron chi connectivity index (χ0n) is 10.8. The van der Waals surface area contributed by atoms with Crippen molar-refractivity contribution in [2.45, 2.75) is 18.6 Å². The van der Waals surface area contributed by atoms with Crippen LogP contribution in [0, 0.1) is 0 Å². The van der Waals surface area contributed by atoms with Gasteiger partial charge in [0.2, 0.25) is 5.95 Å². The molecule has 0 aliphatic carbocycles. The van der Waals surface area contributed by atoms with E-state index in [4.69, 9.17) is 22.1 Å². The number of hydrogen-bond acceptors (Lipinski definition) is 5. The standard InChI is InChI=1S/C14H15ClN4O/c15-11-8-12(19-14(16)18-11)17-10-6-7-20-13(10)9-4-2-1-3-5-9/h1-5,8,10,13H,6-7H2,(H3,16,17,18,19)/t10-,13-/m0/s1. The number of benzene rings is 1. The third-order valence-electron chi connectivity index (χ3n) is 3.27. The summed E-state index contributed by atoms with van der Waals surface area (Å²) in [6, 6.07) is 11.9. The number of anilines is 2. The van der Waals surface area contributed by atoms with Crippen molar-refractivity contribution in [3.8, 4) is 0 Å². The van der Waals surface area contributed by atoms with E-state index in [0.717, 1.165) is 12.0 Å². The Labute approximate surface area is 122 Å². The zero-order valence-corrected chi connectivity index (χ0v) is 11.5. The maximum atomic E-state index is 5.89. The highest BCUT2D eigenvalue weighted by atomic mass is 35.5. The van der Waals surface area contributed by atoms with E-state index in [1.165, 1.54) is 0 Å². The third-order valence-corrected chi connectivity index (χ3v) is 3.46. The monoisotopic (exact) mass is 290 g/mol. The fourth-order valence-corrected chi connectivity index (χ4v) is 2.60. The molecule has 0 spiro atoms. The number of nitrogens with one attached hydrogen (secondary N) is 1. The Morgan fingerprint density at radius 1 is 1.25 bits per heavy atom. The molecule has 0 radical (unpaired) electrons. The molecule has 0 saturated carbocycles. The Balaban J connectivity index is 1.79. The van der Waals surface area contributed by atoms with Crippen LogP contribution in [0.25, 0.3) is 0 Å². The van der Waals surface area contributed by atoms with Crippen LogP contribution in [0.4, 0.5) is 11.8 Å². The summed E-state index contributed by atoms with van der Waals surface area (Å²) >= 11 is 5.89. The largest absolute Gasteiger partial charge is 0.371 e. The lowest BCUT2D eigenvalue weighted by Gasteiger charge is -2.20. The Kier molecular flexibility index (Phi) is 3.71. The van der Waals surface area contributed by atoms with Gasteiger partial charge in [0, 0.05) is 12.7 Å². The predicted octanol–water partition coefficient (Wildman–Crippen LogP) is 2.65. The normalized spacial score (nSPS) is 21.9.